The third-order valence-corrected chi connectivity index (χ3v) is 2.92. The minimum absolute atomic E-state index is 0.130. The molecule has 0 spiro atoms. The molecule has 0 atom stereocenters. The van der Waals surface area contributed by atoms with Gasteiger partial charge in [-0.25, -0.2) is 0 Å². The van der Waals surface area contributed by atoms with Gasteiger partial charge in [0.25, 0.3) is 5.91 Å². The summed E-state index contributed by atoms with van der Waals surface area (Å²) in [5.74, 6) is -0.115. The topological polar surface area (TPSA) is 115 Å². The van der Waals surface area contributed by atoms with Crippen LogP contribution in [0, 0.1) is 0 Å². The number of aromatic nitrogens is 2. The molecule has 0 aliphatic carbocycles. The molecule has 0 bridgehead atoms. The van der Waals surface area contributed by atoms with Crippen LogP contribution in [0.1, 0.15) is 16.1 Å². The van der Waals surface area contributed by atoms with E-state index in [9.17, 15) is 4.79 Å². The fourth-order valence-electron chi connectivity index (χ4n) is 1.87. The van der Waals surface area contributed by atoms with Gasteiger partial charge in [0, 0.05) is 18.8 Å². The molecule has 0 unspecified atom stereocenters. The molecule has 0 radical (unpaired) electrons. The van der Waals surface area contributed by atoms with E-state index in [-0.39, 0.29) is 11.7 Å². The van der Waals surface area contributed by atoms with Crippen molar-refractivity contribution in [2.45, 2.75) is 0 Å². The summed E-state index contributed by atoms with van der Waals surface area (Å²) in [7, 11) is 3.12. The third kappa shape index (κ3) is 2.78. The molecule has 8 heteroatoms. The zero-order chi connectivity index (χ0) is 15.4. The summed E-state index contributed by atoms with van der Waals surface area (Å²) in [6.07, 6.45) is 1.52. The summed E-state index contributed by atoms with van der Waals surface area (Å²) < 4.78 is 6.64. The monoisotopic (exact) mass is 289 g/mol. The number of rotatable bonds is 4. The van der Waals surface area contributed by atoms with Crippen LogP contribution < -0.4 is 15.8 Å². The van der Waals surface area contributed by atoms with Crippen LogP contribution in [0.4, 0.5) is 5.69 Å². The zero-order valence-corrected chi connectivity index (χ0v) is 11.6. The average Bonchev–Trinajstić information content (AvgIpc) is 2.92. The molecule has 1 heterocycles. The summed E-state index contributed by atoms with van der Waals surface area (Å²) >= 11 is 0. The zero-order valence-electron chi connectivity index (χ0n) is 11.6. The van der Waals surface area contributed by atoms with Gasteiger partial charge >= 0.3 is 0 Å². The van der Waals surface area contributed by atoms with E-state index in [1.165, 1.54) is 18.0 Å². The number of aryl methyl sites for hydroxylation is 1. The fourth-order valence-corrected chi connectivity index (χ4v) is 1.87. The van der Waals surface area contributed by atoms with E-state index in [4.69, 9.17) is 15.7 Å². The van der Waals surface area contributed by atoms with Crippen LogP contribution in [-0.2, 0) is 7.05 Å². The molecule has 0 aliphatic rings. The molecule has 2 rings (SSSR count). The van der Waals surface area contributed by atoms with Gasteiger partial charge in [-0.15, -0.1) is 0 Å². The number of methoxy groups -OCH3 is 1. The maximum atomic E-state index is 12.3. The number of oxime groups is 1. The van der Waals surface area contributed by atoms with Gasteiger partial charge in [0.05, 0.1) is 12.8 Å². The largest absolute Gasteiger partial charge is 0.495 e. The van der Waals surface area contributed by atoms with E-state index in [1.807, 2.05) is 0 Å². The minimum Gasteiger partial charge on any atom is -0.495 e. The van der Waals surface area contributed by atoms with Crippen LogP contribution in [0.2, 0.25) is 0 Å². The summed E-state index contributed by atoms with van der Waals surface area (Å²) in [5.41, 5.74) is 6.66. The molecule has 110 valence electrons. The molecular formula is C13H15N5O3. The lowest BCUT2D eigenvalue weighted by Gasteiger charge is -2.14. The van der Waals surface area contributed by atoms with E-state index >= 15 is 0 Å². The predicted octanol–water partition coefficient (Wildman–Crippen LogP) is 0.775. The number of carbonyl (C=O) groups is 1. The molecule has 4 N–H and O–H groups in total. The second-order valence-corrected chi connectivity index (χ2v) is 4.16. The van der Waals surface area contributed by atoms with Crippen molar-refractivity contribution in [2.75, 3.05) is 12.4 Å². The van der Waals surface area contributed by atoms with Crippen molar-refractivity contribution in [1.29, 1.82) is 0 Å². The van der Waals surface area contributed by atoms with Gasteiger partial charge in [-0.2, -0.15) is 5.10 Å². The number of carbonyl (C=O) groups excluding carboxylic acids is 1. The molecule has 1 aromatic heterocycles. The van der Waals surface area contributed by atoms with Crippen molar-refractivity contribution in [1.82, 2.24) is 9.78 Å². The molecule has 0 aliphatic heterocycles. The first-order valence-electron chi connectivity index (χ1n) is 6.02. The van der Waals surface area contributed by atoms with Crippen molar-refractivity contribution >= 4 is 17.4 Å². The van der Waals surface area contributed by atoms with E-state index in [2.05, 4.69) is 15.6 Å². The van der Waals surface area contributed by atoms with Crippen LogP contribution in [0.5, 0.6) is 5.75 Å². The Morgan fingerprint density at radius 2 is 2.24 bits per heavy atom. The van der Waals surface area contributed by atoms with Crippen molar-refractivity contribution < 1.29 is 14.7 Å². The smallest absolute Gasteiger partial charge is 0.274 e. The van der Waals surface area contributed by atoms with Crippen molar-refractivity contribution in [2.24, 2.45) is 17.9 Å². The number of nitrogens with two attached hydrogens (primary N) is 1. The van der Waals surface area contributed by atoms with Crippen molar-refractivity contribution in [3.8, 4) is 5.75 Å². The molecule has 8 nitrogen and oxygen atoms in total. The average molecular weight is 289 g/mol. The lowest BCUT2D eigenvalue weighted by atomic mass is 10.1. The van der Waals surface area contributed by atoms with E-state index in [0.29, 0.717) is 22.7 Å². The molecule has 2 aromatic rings. The quantitative estimate of drug-likeness (QED) is 0.333. The van der Waals surface area contributed by atoms with Gasteiger partial charge in [0.1, 0.15) is 11.4 Å². The van der Waals surface area contributed by atoms with Crippen LogP contribution in [0.3, 0.4) is 0 Å². The number of ether oxygens (including phenoxy) is 1. The molecule has 21 heavy (non-hydrogen) atoms. The van der Waals surface area contributed by atoms with Crippen molar-refractivity contribution in [3.05, 3.63) is 41.7 Å². The summed E-state index contributed by atoms with van der Waals surface area (Å²) in [4.78, 5) is 12.3. The SMILES string of the molecule is COc1cccc(/C(N)=N/O)c1NC(=O)c1ccnn1C. The first kappa shape index (κ1) is 14.4. The number of anilines is 1. The van der Waals surface area contributed by atoms with Gasteiger partial charge in [0.2, 0.25) is 0 Å². The van der Waals surface area contributed by atoms with Crippen molar-refractivity contribution in [3.63, 3.8) is 0 Å². The number of hydrogen-bond acceptors (Lipinski definition) is 5. The van der Waals surface area contributed by atoms with Crippen LogP contribution >= 0.6 is 0 Å². The molecule has 1 aromatic carbocycles. The Kier molecular flexibility index (Phi) is 4.07. The summed E-state index contributed by atoms with van der Waals surface area (Å²) in [6.45, 7) is 0. The summed E-state index contributed by atoms with van der Waals surface area (Å²) in [6, 6.07) is 6.52. The number of benzene rings is 1. The maximum Gasteiger partial charge on any atom is 0.274 e. The number of amidine groups is 1. The van der Waals surface area contributed by atoms with Gasteiger partial charge in [-0.1, -0.05) is 11.2 Å². The molecule has 0 saturated heterocycles. The van der Waals surface area contributed by atoms with Crippen LogP contribution in [0.15, 0.2) is 35.6 Å². The Bertz CT molecular complexity index is 693. The Labute approximate surface area is 120 Å². The normalized spacial score (nSPS) is 11.2. The van der Waals surface area contributed by atoms with Gasteiger partial charge in [0.15, 0.2) is 5.84 Å². The number of hydrogen-bond donors (Lipinski definition) is 3. The number of nitrogens with zero attached hydrogens (tertiary/aromatic N) is 3. The lowest BCUT2D eigenvalue weighted by molar-refractivity contribution is 0.101. The maximum absolute atomic E-state index is 12.3. The lowest BCUT2D eigenvalue weighted by Crippen LogP contribution is -2.21. The van der Waals surface area contributed by atoms with Gasteiger partial charge in [-0.05, 0) is 18.2 Å². The molecule has 0 fully saturated rings. The third-order valence-electron chi connectivity index (χ3n) is 2.92. The summed E-state index contributed by atoms with van der Waals surface area (Å²) in [5, 5.41) is 18.4. The second-order valence-electron chi connectivity index (χ2n) is 4.16. The Hall–Kier alpha value is -3.03. The number of para-hydroxylation sites is 1. The number of nitrogens with one attached hydrogen (secondary N) is 1. The first-order valence-corrected chi connectivity index (χ1v) is 6.02. The Morgan fingerprint density at radius 3 is 2.81 bits per heavy atom. The van der Waals surface area contributed by atoms with Crippen LogP contribution in [0.25, 0.3) is 0 Å². The second kappa shape index (κ2) is 5.95. The molecule has 0 saturated carbocycles. The van der Waals surface area contributed by atoms with E-state index in [1.54, 1.807) is 31.3 Å². The highest BCUT2D eigenvalue weighted by Crippen LogP contribution is 2.28. The van der Waals surface area contributed by atoms with E-state index in [0.717, 1.165) is 0 Å². The van der Waals surface area contributed by atoms with Gasteiger partial charge in [-0.3, -0.25) is 9.48 Å². The van der Waals surface area contributed by atoms with Crippen LogP contribution in [-0.4, -0.2) is 33.8 Å². The van der Waals surface area contributed by atoms with Gasteiger partial charge < -0.3 is 21.0 Å². The Balaban J connectivity index is 2.43. The molecular weight excluding hydrogens is 274 g/mol. The fraction of sp³-hybridized carbons (Fsp3) is 0.154. The molecule has 1 amide bonds. The Morgan fingerprint density at radius 1 is 1.48 bits per heavy atom. The minimum atomic E-state index is -0.383. The standard InChI is InChI=1S/C13H15N5O3/c1-18-9(6-7-15-18)13(19)16-11-8(12(14)17-20)4-3-5-10(11)21-2/h3-7,20H,1-2H3,(H2,14,17)(H,16,19). The highest BCUT2D eigenvalue weighted by molar-refractivity contribution is 6.10. The van der Waals surface area contributed by atoms with E-state index < -0.39 is 0 Å². The highest BCUT2D eigenvalue weighted by atomic mass is 16.5. The number of amides is 1. The first-order chi connectivity index (χ1) is 10.1. The highest BCUT2D eigenvalue weighted by Gasteiger charge is 2.17. The predicted molar refractivity (Wildman–Crippen MR) is 76.7 cm³/mol.